The fourth-order valence-electron chi connectivity index (χ4n) is 1.05. The van der Waals surface area contributed by atoms with Gasteiger partial charge in [-0.15, -0.1) is 0 Å². The molecular formula is C7H7N3OS. The van der Waals surface area contributed by atoms with Crippen LogP contribution in [0.1, 0.15) is 0 Å². The fourth-order valence-corrected chi connectivity index (χ4v) is 2.05. The van der Waals surface area contributed by atoms with Crippen molar-refractivity contribution in [2.45, 2.75) is 0 Å². The molecule has 0 aliphatic heterocycles. The van der Waals surface area contributed by atoms with Crippen molar-refractivity contribution in [3.05, 3.63) is 24.3 Å². The lowest BCUT2D eigenvalue weighted by Gasteiger charge is -1.91. The number of hydrazine groups is 1. The van der Waals surface area contributed by atoms with Crippen molar-refractivity contribution in [1.29, 1.82) is 0 Å². The minimum absolute atomic E-state index is 0.316. The van der Waals surface area contributed by atoms with E-state index in [2.05, 4.69) is 10.4 Å². The molecule has 0 aliphatic rings. The summed E-state index contributed by atoms with van der Waals surface area (Å²) in [7, 11) is -1.22. The molecule has 12 heavy (non-hydrogen) atoms. The predicted octanol–water partition coefficient (Wildman–Crippen LogP) is 1.25. The number of benzene rings is 1. The molecule has 1 heterocycles. The van der Waals surface area contributed by atoms with Crippen LogP contribution < -0.4 is 11.3 Å². The first-order valence-corrected chi connectivity index (χ1v) is 4.54. The summed E-state index contributed by atoms with van der Waals surface area (Å²) in [5.41, 5.74) is 3.04. The quantitative estimate of drug-likeness (QED) is 0.394. The van der Waals surface area contributed by atoms with Crippen LogP contribution in [0, 0.1) is 0 Å². The summed E-state index contributed by atoms with van der Waals surface area (Å²) in [6.07, 6.45) is 0. The molecule has 1 aromatic carbocycles. The number of aromatic nitrogens is 1. The second kappa shape index (κ2) is 2.71. The summed E-state index contributed by atoms with van der Waals surface area (Å²) in [6.45, 7) is 0. The number of nitrogens with two attached hydrogens (primary N) is 1. The van der Waals surface area contributed by atoms with E-state index in [0.717, 1.165) is 5.52 Å². The van der Waals surface area contributed by atoms with Crippen LogP contribution in [-0.4, -0.2) is 9.54 Å². The van der Waals surface area contributed by atoms with Crippen LogP contribution in [0.3, 0.4) is 0 Å². The van der Waals surface area contributed by atoms with Gasteiger partial charge in [-0.25, -0.2) is 5.84 Å². The van der Waals surface area contributed by atoms with E-state index in [1.54, 1.807) is 12.1 Å². The molecule has 62 valence electrons. The summed E-state index contributed by atoms with van der Waals surface area (Å²) in [5, 5.41) is 0.316. The number of nitrogens with one attached hydrogen (secondary N) is 1. The van der Waals surface area contributed by atoms with E-state index in [0.29, 0.717) is 9.83 Å². The lowest BCUT2D eigenvalue weighted by Crippen LogP contribution is -2.06. The number of hydrogen-bond donors (Lipinski definition) is 2. The van der Waals surface area contributed by atoms with E-state index in [1.165, 1.54) is 0 Å². The van der Waals surface area contributed by atoms with Gasteiger partial charge in [0.15, 0.2) is 0 Å². The summed E-state index contributed by atoms with van der Waals surface area (Å²) >= 11 is 0. The Morgan fingerprint density at radius 1 is 1.42 bits per heavy atom. The van der Waals surface area contributed by atoms with Crippen LogP contribution in [0.2, 0.25) is 0 Å². The number of nitrogens with zero attached hydrogens (tertiary/aromatic N) is 1. The Balaban J connectivity index is 2.78. The molecule has 0 fully saturated rings. The molecule has 0 bridgehead atoms. The van der Waals surface area contributed by atoms with Gasteiger partial charge in [0.1, 0.15) is 5.52 Å². The maximum absolute atomic E-state index is 11.5. The average Bonchev–Trinajstić information content (AvgIpc) is 2.44. The highest BCUT2D eigenvalue weighted by Gasteiger charge is 2.13. The second-order valence-corrected chi connectivity index (χ2v) is 3.66. The van der Waals surface area contributed by atoms with E-state index in [4.69, 9.17) is 5.84 Å². The summed E-state index contributed by atoms with van der Waals surface area (Å²) in [4.78, 5) is 4.03. The Kier molecular flexibility index (Phi) is 1.69. The third kappa shape index (κ3) is 0.953. The number of para-hydroxylation sites is 1. The SMILES string of the molecule is NNc1nc2ccccc2[s+]1[O-]. The molecule has 5 heteroatoms. The molecule has 0 saturated heterocycles. The van der Waals surface area contributed by atoms with Crippen molar-refractivity contribution in [1.82, 2.24) is 4.98 Å². The topological polar surface area (TPSA) is 74.0 Å². The minimum Gasteiger partial charge on any atom is -0.587 e. The van der Waals surface area contributed by atoms with Gasteiger partial charge in [0.25, 0.3) is 0 Å². The first-order chi connectivity index (χ1) is 5.83. The lowest BCUT2D eigenvalue weighted by molar-refractivity contribution is 0.600. The van der Waals surface area contributed by atoms with E-state index >= 15 is 0 Å². The van der Waals surface area contributed by atoms with Crippen molar-refractivity contribution >= 4 is 26.1 Å². The van der Waals surface area contributed by atoms with Crippen LogP contribution in [0.25, 0.3) is 10.2 Å². The minimum atomic E-state index is -1.22. The standard InChI is InChI=1S/C7H7N3OS/c8-10-7-9-5-3-1-2-4-6(5)12(7)11/h1-4H,8H2,(H,9,10). The molecule has 0 saturated carbocycles. The highest BCUT2D eigenvalue weighted by Crippen LogP contribution is 2.33. The lowest BCUT2D eigenvalue weighted by atomic mass is 10.3. The van der Waals surface area contributed by atoms with Crippen molar-refractivity contribution < 1.29 is 4.55 Å². The Morgan fingerprint density at radius 2 is 2.17 bits per heavy atom. The van der Waals surface area contributed by atoms with Gasteiger partial charge < -0.3 is 4.55 Å². The van der Waals surface area contributed by atoms with Gasteiger partial charge in [0.2, 0.25) is 4.70 Å². The zero-order valence-electron chi connectivity index (χ0n) is 6.15. The van der Waals surface area contributed by atoms with Gasteiger partial charge >= 0.3 is 5.13 Å². The normalized spacial score (nSPS) is 12.0. The Labute approximate surface area is 71.8 Å². The largest absolute Gasteiger partial charge is 0.587 e. The maximum atomic E-state index is 11.5. The molecule has 0 amide bonds. The van der Waals surface area contributed by atoms with Crippen molar-refractivity contribution in [3.63, 3.8) is 0 Å². The van der Waals surface area contributed by atoms with Crippen LogP contribution in [0.15, 0.2) is 24.3 Å². The third-order valence-electron chi connectivity index (χ3n) is 1.59. The predicted molar refractivity (Wildman–Crippen MR) is 48.2 cm³/mol. The Morgan fingerprint density at radius 3 is 2.83 bits per heavy atom. The van der Waals surface area contributed by atoms with Gasteiger partial charge in [-0.2, -0.15) is 4.98 Å². The molecule has 1 atom stereocenters. The highest BCUT2D eigenvalue weighted by atomic mass is 32.2. The van der Waals surface area contributed by atoms with Crippen molar-refractivity contribution in [2.75, 3.05) is 5.43 Å². The Bertz CT molecular complexity index is 412. The fraction of sp³-hybridized carbons (Fsp3) is 0. The van der Waals surface area contributed by atoms with Crippen LogP contribution in [0.5, 0.6) is 0 Å². The van der Waals surface area contributed by atoms with Crippen LogP contribution in [0.4, 0.5) is 5.13 Å². The van der Waals surface area contributed by atoms with Crippen LogP contribution >= 0.6 is 10.8 Å². The van der Waals surface area contributed by atoms with Gasteiger partial charge in [0.05, 0.1) is 0 Å². The monoisotopic (exact) mass is 181 g/mol. The smallest absolute Gasteiger partial charge is 0.354 e. The summed E-state index contributed by atoms with van der Waals surface area (Å²) < 4.78 is 12.2. The Hall–Kier alpha value is -1.17. The molecule has 1 aromatic heterocycles. The molecule has 0 spiro atoms. The van der Waals surface area contributed by atoms with E-state index in [-0.39, 0.29) is 0 Å². The molecule has 0 radical (unpaired) electrons. The number of nitrogen functional groups attached to an aromatic ring is 1. The molecule has 2 rings (SSSR count). The van der Waals surface area contributed by atoms with Gasteiger partial charge in [-0.3, -0.25) is 5.43 Å². The molecule has 1 unspecified atom stereocenters. The van der Waals surface area contributed by atoms with Gasteiger partial charge in [-0.05, 0) is 16.8 Å². The molecule has 2 aromatic rings. The number of thiazole rings is 1. The van der Waals surface area contributed by atoms with E-state index < -0.39 is 10.8 Å². The second-order valence-electron chi connectivity index (χ2n) is 2.30. The molecular weight excluding hydrogens is 174 g/mol. The van der Waals surface area contributed by atoms with E-state index in [1.807, 2.05) is 12.1 Å². The summed E-state index contributed by atoms with van der Waals surface area (Å²) in [6, 6.07) is 7.25. The van der Waals surface area contributed by atoms with Crippen molar-refractivity contribution in [2.24, 2.45) is 5.84 Å². The number of hydrogen-bond acceptors (Lipinski definition) is 4. The van der Waals surface area contributed by atoms with E-state index in [9.17, 15) is 4.55 Å². The first kappa shape index (κ1) is 7.48. The zero-order chi connectivity index (χ0) is 8.55. The molecule has 4 nitrogen and oxygen atoms in total. The molecule has 0 aliphatic carbocycles. The number of fused-ring (bicyclic) bond motifs is 1. The van der Waals surface area contributed by atoms with Gasteiger partial charge in [0, 0.05) is 6.07 Å². The van der Waals surface area contributed by atoms with Crippen LogP contribution in [-0.2, 0) is 0 Å². The number of rotatable bonds is 1. The maximum Gasteiger partial charge on any atom is 0.354 e. The zero-order valence-corrected chi connectivity index (χ0v) is 6.97. The average molecular weight is 181 g/mol. The highest BCUT2D eigenvalue weighted by molar-refractivity contribution is 7.34. The first-order valence-electron chi connectivity index (χ1n) is 3.39. The third-order valence-corrected chi connectivity index (χ3v) is 2.89. The van der Waals surface area contributed by atoms with Gasteiger partial charge in [-0.1, -0.05) is 12.1 Å². The summed E-state index contributed by atoms with van der Waals surface area (Å²) in [5.74, 6) is 5.13. The van der Waals surface area contributed by atoms with Crippen molar-refractivity contribution in [3.8, 4) is 0 Å². The number of anilines is 1. The molecule has 3 N–H and O–H groups in total.